The molecule has 5 aliphatic carbocycles. The Morgan fingerprint density at radius 2 is 1.75 bits per heavy atom. The Bertz CT molecular complexity index is 2240. The fourth-order valence-electron chi connectivity index (χ4n) is 11.3. The van der Waals surface area contributed by atoms with E-state index in [1.165, 1.54) is 33.7 Å². The van der Waals surface area contributed by atoms with E-state index in [-0.39, 0.29) is 35.7 Å². The number of fused-ring (bicyclic) bond motifs is 9. The Balaban J connectivity index is 0.897. The third kappa shape index (κ3) is 5.24. The van der Waals surface area contributed by atoms with Crippen molar-refractivity contribution in [1.29, 1.82) is 0 Å². The molecule has 4 aliphatic heterocycles. The molecule has 55 heavy (non-hydrogen) atoms. The molecule has 0 amide bonds. The van der Waals surface area contributed by atoms with Crippen LogP contribution in [0.25, 0.3) is 0 Å². The Labute approximate surface area is 325 Å². The van der Waals surface area contributed by atoms with Gasteiger partial charge in [-0.15, -0.1) is 0 Å². The quantitative estimate of drug-likeness (QED) is 0.308. The zero-order valence-corrected chi connectivity index (χ0v) is 32.4. The highest BCUT2D eigenvalue weighted by Crippen LogP contribution is 2.57. The van der Waals surface area contributed by atoms with E-state index < -0.39 is 5.66 Å². The molecule has 12 atom stereocenters. The Hall–Kier alpha value is -4.65. The van der Waals surface area contributed by atoms with Crippen molar-refractivity contribution >= 4 is 11.5 Å². The van der Waals surface area contributed by atoms with Crippen LogP contribution in [0.1, 0.15) is 76.3 Å². The number of anilines is 1. The lowest BCUT2D eigenvalue weighted by atomic mass is 9.68. The second-order valence-corrected chi connectivity index (χ2v) is 17.9. The summed E-state index contributed by atoms with van der Waals surface area (Å²) in [4.78, 5) is 7.96. The maximum absolute atomic E-state index is 7.14. The average Bonchev–Trinajstić information content (AvgIpc) is 3.83. The number of ether oxygens (including phenoxy) is 2. The second kappa shape index (κ2) is 12.4. The fraction of sp³-hybridized carbons (Fsp3) is 0.408. The molecule has 1 saturated heterocycles. The summed E-state index contributed by atoms with van der Waals surface area (Å²) in [6, 6.07) is 17.8. The van der Waals surface area contributed by atoms with Crippen LogP contribution in [-0.2, 0) is 4.74 Å². The van der Waals surface area contributed by atoms with Crippen LogP contribution < -0.4 is 20.3 Å². The molecule has 0 radical (unpaired) electrons. The first-order chi connectivity index (χ1) is 26.8. The van der Waals surface area contributed by atoms with Gasteiger partial charge in [0, 0.05) is 46.0 Å². The van der Waals surface area contributed by atoms with Gasteiger partial charge in [0.25, 0.3) is 0 Å². The van der Waals surface area contributed by atoms with Crippen molar-refractivity contribution in [2.24, 2.45) is 34.1 Å². The number of nitrogens with one attached hydrogen (secondary N) is 2. The Morgan fingerprint density at radius 1 is 0.891 bits per heavy atom. The van der Waals surface area contributed by atoms with E-state index in [1.54, 1.807) is 0 Å². The van der Waals surface area contributed by atoms with Crippen molar-refractivity contribution in [3.8, 4) is 5.75 Å². The average molecular weight is 729 g/mol. The first kappa shape index (κ1) is 33.7. The number of rotatable bonds is 4. The molecule has 1 fully saturated rings. The van der Waals surface area contributed by atoms with Crippen LogP contribution in [0.3, 0.4) is 0 Å². The van der Waals surface area contributed by atoms with E-state index in [0.717, 1.165) is 43.0 Å². The van der Waals surface area contributed by atoms with Gasteiger partial charge in [0.2, 0.25) is 0 Å². The van der Waals surface area contributed by atoms with Gasteiger partial charge in [-0.25, -0.2) is 4.99 Å². The zero-order chi connectivity index (χ0) is 37.1. The molecule has 2 aromatic rings. The van der Waals surface area contributed by atoms with Gasteiger partial charge in [0.15, 0.2) is 0 Å². The van der Waals surface area contributed by atoms with E-state index >= 15 is 0 Å². The van der Waals surface area contributed by atoms with E-state index in [9.17, 15) is 0 Å². The molecule has 2 N–H and O–H groups in total. The fourth-order valence-corrected chi connectivity index (χ4v) is 11.3. The van der Waals surface area contributed by atoms with Gasteiger partial charge in [0.1, 0.15) is 29.2 Å². The molecule has 2 aromatic carbocycles. The smallest absolute Gasteiger partial charge is 0.130 e. The molecular weight excluding hydrogens is 677 g/mol. The van der Waals surface area contributed by atoms with E-state index in [4.69, 9.17) is 14.5 Å². The Morgan fingerprint density at radius 3 is 2.62 bits per heavy atom. The molecular formula is C49H52N4O2. The molecule has 6 heteroatoms. The van der Waals surface area contributed by atoms with Crippen molar-refractivity contribution in [2.45, 2.75) is 95.3 Å². The topological polar surface area (TPSA) is 58.1 Å². The summed E-state index contributed by atoms with van der Waals surface area (Å²) >= 11 is 0. The summed E-state index contributed by atoms with van der Waals surface area (Å²) in [5.74, 6) is 5.53. The number of amidine groups is 1. The van der Waals surface area contributed by atoms with Crippen LogP contribution in [0.4, 0.5) is 5.69 Å². The van der Waals surface area contributed by atoms with Crippen molar-refractivity contribution in [3.05, 3.63) is 155 Å². The number of benzene rings is 2. The van der Waals surface area contributed by atoms with Gasteiger partial charge < -0.3 is 19.7 Å². The van der Waals surface area contributed by atoms with E-state index in [2.05, 4.69) is 165 Å². The normalized spacial score (nSPS) is 40.2. The van der Waals surface area contributed by atoms with Gasteiger partial charge in [-0.3, -0.25) is 5.32 Å². The molecule has 9 aliphatic rings. The molecule has 6 nitrogen and oxygen atoms in total. The van der Waals surface area contributed by atoms with Crippen LogP contribution in [-0.4, -0.2) is 35.9 Å². The molecule has 4 heterocycles. The second-order valence-electron chi connectivity index (χ2n) is 17.9. The van der Waals surface area contributed by atoms with Crippen molar-refractivity contribution in [2.75, 3.05) is 4.90 Å². The van der Waals surface area contributed by atoms with Crippen LogP contribution in [0.15, 0.2) is 149 Å². The zero-order valence-electron chi connectivity index (χ0n) is 32.4. The molecule has 12 unspecified atom stereocenters. The number of aliphatic imine (C=N–C) groups is 1. The highest BCUT2D eigenvalue weighted by atomic mass is 16.5. The van der Waals surface area contributed by atoms with Crippen molar-refractivity contribution in [3.63, 3.8) is 0 Å². The summed E-state index contributed by atoms with van der Waals surface area (Å²) in [6.45, 7) is 9.35. The number of hydrogen-bond donors (Lipinski definition) is 2. The highest BCUT2D eigenvalue weighted by Gasteiger charge is 2.54. The largest absolute Gasteiger partial charge is 0.461 e. The van der Waals surface area contributed by atoms with Crippen molar-refractivity contribution in [1.82, 2.24) is 10.6 Å². The summed E-state index contributed by atoms with van der Waals surface area (Å²) in [5, 5.41) is 7.96. The monoisotopic (exact) mass is 728 g/mol. The molecule has 0 spiro atoms. The van der Waals surface area contributed by atoms with Crippen LogP contribution in [0.5, 0.6) is 5.75 Å². The number of allylic oxidation sites excluding steroid dienone is 7. The maximum Gasteiger partial charge on any atom is 0.130 e. The molecule has 0 aromatic heterocycles. The van der Waals surface area contributed by atoms with E-state index in [0.29, 0.717) is 29.6 Å². The lowest BCUT2D eigenvalue weighted by Gasteiger charge is -2.46. The first-order valence-electron chi connectivity index (χ1n) is 20.8. The predicted octanol–water partition coefficient (Wildman–Crippen LogP) is 9.52. The Kier molecular flexibility index (Phi) is 7.61. The molecule has 11 rings (SSSR count). The molecule has 0 bridgehead atoms. The van der Waals surface area contributed by atoms with Crippen molar-refractivity contribution < 1.29 is 9.47 Å². The summed E-state index contributed by atoms with van der Waals surface area (Å²) < 4.78 is 13.6. The van der Waals surface area contributed by atoms with Gasteiger partial charge in [-0.1, -0.05) is 106 Å². The third-order valence-corrected chi connectivity index (χ3v) is 14.4. The summed E-state index contributed by atoms with van der Waals surface area (Å²) in [5.41, 5.74) is 7.19. The molecule has 280 valence electrons. The first-order valence-corrected chi connectivity index (χ1v) is 20.8. The lowest BCUT2D eigenvalue weighted by Crippen LogP contribution is -2.66. The lowest BCUT2D eigenvalue weighted by molar-refractivity contribution is 0.0748. The SMILES string of the molecule is CC1C=CC(C)C(C2=NC(C3=CC=CCC3)NC(C)(C3=CC4OC5C=C(N6c7ccccc7C7CC8C(=CC76)Oc6ccccc68)C=CC5C4(C)C=C3)N2)C1. The predicted molar refractivity (Wildman–Crippen MR) is 221 cm³/mol. The summed E-state index contributed by atoms with van der Waals surface area (Å²) in [6.07, 6.45) is 32.4. The minimum atomic E-state index is -0.498. The van der Waals surface area contributed by atoms with Gasteiger partial charge in [-0.2, -0.15) is 0 Å². The van der Waals surface area contributed by atoms with Gasteiger partial charge >= 0.3 is 0 Å². The third-order valence-electron chi connectivity index (χ3n) is 14.4. The molecule has 0 saturated carbocycles. The van der Waals surface area contributed by atoms with Gasteiger partial charge in [-0.05, 0) is 97.6 Å². The minimum absolute atomic E-state index is 0.0297. The van der Waals surface area contributed by atoms with Crippen LogP contribution in [0, 0.1) is 29.1 Å². The minimum Gasteiger partial charge on any atom is -0.461 e. The maximum atomic E-state index is 7.14. The van der Waals surface area contributed by atoms with Gasteiger partial charge in [0.05, 0.1) is 18.2 Å². The van der Waals surface area contributed by atoms with Crippen LogP contribution >= 0.6 is 0 Å². The standard InChI is InChI=1S/C49H52N4O2/c1-29-18-19-30(2)36(24-29)47-50-46(31-12-6-5-7-13-31)51-49(4,52-47)32-22-23-48(3)39-21-20-33(26-44(39)55-45(48)25-32)53-40-16-10-8-14-34(40)37-27-38-35-15-9-11-17-42(35)54-43(38)28-41(37)53/h5-6,8-12,14-23,25-26,28-30,36-39,41,44-46,51H,7,13,24,27H2,1-4H3,(H,50,52). The van der Waals surface area contributed by atoms with Crippen LogP contribution in [0.2, 0.25) is 0 Å². The summed E-state index contributed by atoms with van der Waals surface area (Å²) in [7, 11) is 0. The number of para-hydroxylation sites is 2. The number of nitrogens with zero attached hydrogens (tertiary/aromatic N) is 2. The number of hydrogen-bond acceptors (Lipinski definition) is 6. The highest BCUT2D eigenvalue weighted by molar-refractivity contribution is 5.87. The van der Waals surface area contributed by atoms with E-state index in [1.807, 2.05) is 0 Å².